The van der Waals surface area contributed by atoms with Crippen molar-refractivity contribution in [2.24, 2.45) is 5.92 Å². The first kappa shape index (κ1) is 25.5. The highest BCUT2D eigenvalue weighted by Gasteiger charge is 2.29. The Labute approximate surface area is 188 Å². The van der Waals surface area contributed by atoms with Crippen molar-refractivity contribution in [2.45, 2.75) is 69.9 Å². The summed E-state index contributed by atoms with van der Waals surface area (Å²) >= 11 is 0. The Morgan fingerprint density at radius 3 is 2.44 bits per heavy atom. The summed E-state index contributed by atoms with van der Waals surface area (Å²) in [4.78, 5) is 35.6. The monoisotopic (exact) mass is 450 g/mol. The number of nitrogens with one attached hydrogen (secondary N) is 2. The van der Waals surface area contributed by atoms with E-state index in [1.165, 1.54) is 7.11 Å². The van der Waals surface area contributed by atoms with Crippen LogP contribution in [0.4, 0.5) is 0 Å². The lowest BCUT2D eigenvalue weighted by Crippen LogP contribution is -2.51. The molecule has 1 aliphatic carbocycles. The SMILES string of the molecule is COc1ccc(CCCN[C@@H](CC(=O)O)C(=O)N[C@@H](CC2CCCCC2)C(=O)O)cc1O. The number of hydrogen-bond donors (Lipinski definition) is 5. The van der Waals surface area contributed by atoms with E-state index in [4.69, 9.17) is 4.74 Å². The molecular weight excluding hydrogens is 416 g/mol. The molecule has 0 heterocycles. The van der Waals surface area contributed by atoms with Crippen LogP contribution in [0, 0.1) is 5.92 Å². The standard InChI is InChI=1S/C23H34N2O7/c1-32-20-10-9-16(13-19(20)26)8-5-11-24-17(14-21(27)28)22(29)25-18(23(30)31)12-15-6-3-2-4-7-15/h9-10,13,15,17-18,24,26H,2-8,11-12,14H2,1H3,(H,25,29)(H,27,28)(H,30,31)/t17-,18-/m0/s1. The predicted molar refractivity (Wildman–Crippen MR) is 118 cm³/mol. The van der Waals surface area contributed by atoms with Crippen LogP contribution in [0.2, 0.25) is 0 Å². The second kappa shape index (κ2) is 12.9. The Morgan fingerprint density at radius 1 is 1.12 bits per heavy atom. The molecule has 2 rings (SSSR count). The van der Waals surface area contributed by atoms with Crippen molar-refractivity contribution in [1.82, 2.24) is 10.6 Å². The molecule has 5 N–H and O–H groups in total. The second-order valence-corrected chi connectivity index (χ2v) is 8.35. The molecule has 1 aliphatic rings. The van der Waals surface area contributed by atoms with Gasteiger partial charge < -0.3 is 30.7 Å². The maximum Gasteiger partial charge on any atom is 0.326 e. The summed E-state index contributed by atoms with van der Waals surface area (Å²) in [5.41, 5.74) is 0.878. The number of benzene rings is 1. The number of carboxylic acid groups (broad SMARTS) is 2. The Balaban J connectivity index is 1.88. The zero-order valence-corrected chi connectivity index (χ0v) is 18.5. The van der Waals surface area contributed by atoms with Crippen molar-refractivity contribution in [3.63, 3.8) is 0 Å². The van der Waals surface area contributed by atoms with E-state index in [0.717, 1.165) is 37.7 Å². The van der Waals surface area contributed by atoms with Crippen LogP contribution in [0.1, 0.15) is 56.9 Å². The van der Waals surface area contributed by atoms with Crippen molar-refractivity contribution in [2.75, 3.05) is 13.7 Å². The van der Waals surface area contributed by atoms with Crippen LogP contribution in [0.15, 0.2) is 18.2 Å². The number of ether oxygens (including phenoxy) is 1. The van der Waals surface area contributed by atoms with Gasteiger partial charge >= 0.3 is 11.9 Å². The number of rotatable bonds is 13. The van der Waals surface area contributed by atoms with E-state index in [1.807, 2.05) is 6.07 Å². The molecule has 0 spiro atoms. The molecule has 1 aromatic rings. The van der Waals surface area contributed by atoms with Crippen molar-refractivity contribution >= 4 is 17.8 Å². The van der Waals surface area contributed by atoms with Gasteiger partial charge in [0.15, 0.2) is 11.5 Å². The molecule has 2 atom stereocenters. The van der Waals surface area contributed by atoms with Gasteiger partial charge in [-0.1, -0.05) is 38.2 Å². The normalized spacial score (nSPS) is 16.2. The Kier molecular flexibility index (Phi) is 10.3. The van der Waals surface area contributed by atoms with Gasteiger partial charge in [0.2, 0.25) is 5.91 Å². The largest absolute Gasteiger partial charge is 0.504 e. The number of carbonyl (C=O) groups is 3. The third-order valence-corrected chi connectivity index (χ3v) is 5.88. The van der Waals surface area contributed by atoms with Crippen molar-refractivity contribution in [1.29, 1.82) is 0 Å². The van der Waals surface area contributed by atoms with Crippen molar-refractivity contribution in [3.05, 3.63) is 23.8 Å². The summed E-state index contributed by atoms with van der Waals surface area (Å²) in [5.74, 6) is -2.17. The number of aliphatic carboxylic acids is 2. The number of phenolic OH excluding ortho intramolecular Hbond substituents is 1. The predicted octanol–water partition coefficient (Wildman–Crippen LogP) is 2.31. The first-order valence-corrected chi connectivity index (χ1v) is 11.1. The van der Waals surface area contributed by atoms with Gasteiger partial charge in [-0.3, -0.25) is 9.59 Å². The van der Waals surface area contributed by atoms with Crippen LogP contribution in [-0.4, -0.2) is 58.9 Å². The van der Waals surface area contributed by atoms with Crippen LogP contribution < -0.4 is 15.4 Å². The van der Waals surface area contributed by atoms with Crippen LogP contribution in [-0.2, 0) is 20.8 Å². The summed E-state index contributed by atoms with van der Waals surface area (Å²) in [6.07, 6.45) is 6.33. The number of aromatic hydroxyl groups is 1. The highest BCUT2D eigenvalue weighted by molar-refractivity contribution is 5.89. The zero-order valence-electron chi connectivity index (χ0n) is 18.5. The molecule has 1 aromatic carbocycles. The van der Waals surface area contributed by atoms with Crippen LogP contribution in [0.25, 0.3) is 0 Å². The minimum atomic E-state index is -1.14. The molecule has 0 unspecified atom stereocenters. The van der Waals surface area contributed by atoms with Gasteiger partial charge in [-0.05, 0) is 49.4 Å². The minimum Gasteiger partial charge on any atom is -0.504 e. The zero-order chi connectivity index (χ0) is 23.5. The Bertz CT molecular complexity index is 778. The quantitative estimate of drug-likeness (QED) is 0.288. The maximum absolute atomic E-state index is 12.7. The first-order chi connectivity index (χ1) is 15.3. The van der Waals surface area contributed by atoms with Crippen LogP contribution in [0.3, 0.4) is 0 Å². The molecule has 0 aliphatic heterocycles. The maximum atomic E-state index is 12.7. The van der Waals surface area contributed by atoms with Gasteiger partial charge in [-0.25, -0.2) is 4.79 Å². The summed E-state index contributed by atoms with van der Waals surface area (Å²) < 4.78 is 5.01. The molecule has 0 saturated heterocycles. The fraction of sp³-hybridized carbons (Fsp3) is 0.609. The molecule has 9 nitrogen and oxygen atoms in total. The molecule has 9 heteroatoms. The van der Waals surface area contributed by atoms with E-state index >= 15 is 0 Å². The molecule has 0 bridgehead atoms. The van der Waals surface area contributed by atoms with Crippen LogP contribution >= 0.6 is 0 Å². The number of carboxylic acids is 2. The second-order valence-electron chi connectivity index (χ2n) is 8.35. The van der Waals surface area contributed by atoms with Gasteiger partial charge in [0, 0.05) is 0 Å². The Morgan fingerprint density at radius 2 is 1.84 bits per heavy atom. The van der Waals surface area contributed by atoms with Gasteiger partial charge in [0.1, 0.15) is 6.04 Å². The summed E-state index contributed by atoms with van der Waals surface area (Å²) in [6.45, 7) is 0.360. The molecular formula is C23H34N2O7. The van der Waals surface area contributed by atoms with E-state index < -0.39 is 36.4 Å². The van der Waals surface area contributed by atoms with E-state index in [1.54, 1.807) is 12.1 Å². The van der Waals surface area contributed by atoms with E-state index in [-0.39, 0.29) is 11.7 Å². The molecule has 0 radical (unpaired) electrons. The van der Waals surface area contributed by atoms with E-state index in [2.05, 4.69) is 10.6 Å². The smallest absolute Gasteiger partial charge is 0.326 e. The van der Waals surface area contributed by atoms with Crippen molar-refractivity contribution < 1.29 is 34.4 Å². The number of aryl methyl sites for hydroxylation is 1. The van der Waals surface area contributed by atoms with Crippen LogP contribution in [0.5, 0.6) is 11.5 Å². The molecule has 0 aromatic heterocycles. The third kappa shape index (κ3) is 8.37. The average Bonchev–Trinajstić information content (AvgIpc) is 2.75. The molecule has 1 saturated carbocycles. The highest BCUT2D eigenvalue weighted by atomic mass is 16.5. The Hall–Kier alpha value is -2.81. The number of amides is 1. The lowest BCUT2D eigenvalue weighted by atomic mass is 9.85. The van der Waals surface area contributed by atoms with E-state index in [0.29, 0.717) is 31.6 Å². The number of hydrogen-bond acceptors (Lipinski definition) is 6. The number of methoxy groups -OCH3 is 1. The summed E-state index contributed by atoms with van der Waals surface area (Å²) in [7, 11) is 1.47. The molecule has 1 amide bonds. The number of phenols is 1. The fourth-order valence-corrected chi connectivity index (χ4v) is 4.14. The first-order valence-electron chi connectivity index (χ1n) is 11.1. The highest BCUT2D eigenvalue weighted by Crippen LogP contribution is 2.28. The summed E-state index contributed by atoms with van der Waals surface area (Å²) in [5, 5.41) is 34.0. The molecule has 1 fully saturated rings. The lowest BCUT2D eigenvalue weighted by molar-refractivity contribution is -0.143. The van der Waals surface area contributed by atoms with Gasteiger partial charge in [0.25, 0.3) is 0 Å². The lowest BCUT2D eigenvalue weighted by Gasteiger charge is -2.26. The fourth-order valence-electron chi connectivity index (χ4n) is 4.14. The molecule has 32 heavy (non-hydrogen) atoms. The minimum absolute atomic E-state index is 0.0405. The van der Waals surface area contributed by atoms with Gasteiger partial charge in [-0.15, -0.1) is 0 Å². The summed E-state index contributed by atoms with van der Waals surface area (Å²) in [6, 6.07) is 3.04. The topological polar surface area (TPSA) is 145 Å². The van der Waals surface area contributed by atoms with Gasteiger partial charge in [-0.2, -0.15) is 0 Å². The average molecular weight is 451 g/mol. The van der Waals surface area contributed by atoms with E-state index in [9.17, 15) is 29.7 Å². The number of carbonyl (C=O) groups excluding carboxylic acids is 1. The third-order valence-electron chi connectivity index (χ3n) is 5.88. The van der Waals surface area contributed by atoms with Crippen molar-refractivity contribution in [3.8, 4) is 11.5 Å². The van der Waals surface area contributed by atoms with Gasteiger partial charge in [0.05, 0.1) is 19.6 Å². The molecule has 178 valence electrons.